The Morgan fingerprint density at radius 3 is 2.14 bits per heavy atom. The summed E-state index contributed by atoms with van der Waals surface area (Å²) in [5, 5.41) is 0. The maximum absolute atomic E-state index is 4.25. The molecule has 0 radical (unpaired) electrons. The van der Waals surface area contributed by atoms with Crippen LogP contribution in [-0.4, -0.2) is 6.21 Å². The van der Waals surface area contributed by atoms with Crippen LogP contribution in [0.25, 0.3) is 0 Å². The molecule has 0 N–H and O–H groups in total. The van der Waals surface area contributed by atoms with Gasteiger partial charge >= 0.3 is 0 Å². The molecule has 1 heteroatoms. The molecule has 0 saturated carbocycles. The fraction of sp³-hybridized carbons (Fsp3) is 0.154. The summed E-state index contributed by atoms with van der Waals surface area (Å²) in [6.45, 7) is 11.3. The molecular weight excluding hydrogens is 170 g/mol. The van der Waals surface area contributed by atoms with Crippen molar-refractivity contribution in [3.63, 3.8) is 0 Å². The zero-order valence-electron chi connectivity index (χ0n) is 8.90. The molecule has 0 atom stereocenters. The number of hydrogen-bond acceptors (Lipinski definition) is 1. The van der Waals surface area contributed by atoms with Crippen molar-refractivity contribution in [2.45, 2.75) is 13.8 Å². The van der Waals surface area contributed by atoms with Crippen LogP contribution in [0.4, 0.5) is 0 Å². The lowest BCUT2D eigenvalue weighted by atomic mass is 10.2. The molecule has 74 valence electrons. The highest BCUT2D eigenvalue weighted by molar-refractivity contribution is 5.72. The molecule has 0 aliphatic heterocycles. The van der Waals surface area contributed by atoms with E-state index in [1.807, 2.05) is 38.2 Å². The molecule has 0 aromatic rings. The van der Waals surface area contributed by atoms with Crippen molar-refractivity contribution in [3.05, 3.63) is 60.9 Å². The molecule has 0 unspecified atom stereocenters. The Hall–Kier alpha value is -1.63. The first-order valence-electron chi connectivity index (χ1n) is 4.57. The SMILES string of the molecule is C=C\C=N/C(/C=C\C)=C(C=C)/C=C\C. The maximum atomic E-state index is 4.25. The average Bonchev–Trinajstić information content (AvgIpc) is 2.21. The summed E-state index contributed by atoms with van der Waals surface area (Å²) in [5.41, 5.74) is 1.89. The molecule has 0 saturated heterocycles. The molecule has 0 aromatic carbocycles. The van der Waals surface area contributed by atoms with Crippen molar-refractivity contribution in [1.29, 1.82) is 0 Å². The molecule has 0 aliphatic carbocycles. The van der Waals surface area contributed by atoms with Crippen molar-refractivity contribution in [1.82, 2.24) is 0 Å². The van der Waals surface area contributed by atoms with Gasteiger partial charge in [-0.25, -0.2) is 0 Å². The van der Waals surface area contributed by atoms with Crippen LogP contribution in [-0.2, 0) is 0 Å². The van der Waals surface area contributed by atoms with Gasteiger partial charge in [0.15, 0.2) is 0 Å². The highest BCUT2D eigenvalue weighted by atomic mass is 14.7. The van der Waals surface area contributed by atoms with Gasteiger partial charge in [-0.1, -0.05) is 43.5 Å². The van der Waals surface area contributed by atoms with Gasteiger partial charge < -0.3 is 0 Å². The second-order valence-corrected chi connectivity index (χ2v) is 2.56. The molecule has 0 spiro atoms. The minimum atomic E-state index is 0.889. The predicted octanol–water partition coefficient (Wildman–Crippen LogP) is 3.84. The molecule has 0 heterocycles. The van der Waals surface area contributed by atoms with Gasteiger partial charge in [-0.15, -0.1) is 0 Å². The fourth-order valence-corrected chi connectivity index (χ4v) is 0.942. The summed E-state index contributed by atoms with van der Waals surface area (Å²) in [6, 6.07) is 0. The van der Waals surface area contributed by atoms with Crippen LogP contribution in [0.2, 0.25) is 0 Å². The van der Waals surface area contributed by atoms with Gasteiger partial charge in [-0.3, -0.25) is 4.99 Å². The minimum Gasteiger partial charge on any atom is -0.256 e. The second-order valence-electron chi connectivity index (χ2n) is 2.56. The molecule has 1 nitrogen and oxygen atoms in total. The lowest BCUT2D eigenvalue weighted by Crippen LogP contribution is -1.81. The standard InChI is InChI=1S/C13H17N/c1-5-9-12(8-4)13(10-6-2)14-11-7-3/h5-11H,3-4H2,1-2H3/b9-5-,10-6-,13-12+,14-11-. The quantitative estimate of drug-likeness (QED) is 0.458. The van der Waals surface area contributed by atoms with Gasteiger partial charge in [0.05, 0.1) is 5.70 Å². The molecular formula is C13H17N. The number of aliphatic imine (C=N–C) groups is 1. The first-order valence-corrected chi connectivity index (χ1v) is 4.57. The van der Waals surface area contributed by atoms with Crippen molar-refractivity contribution in [3.8, 4) is 0 Å². The summed E-state index contributed by atoms with van der Waals surface area (Å²) < 4.78 is 0. The molecule has 0 rings (SSSR count). The second kappa shape index (κ2) is 7.99. The number of rotatable bonds is 5. The summed E-state index contributed by atoms with van der Waals surface area (Å²) in [7, 11) is 0. The Morgan fingerprint density at radius 1 is 1.07 bits per heavy atom. The smallest absolute Gasteiger partial charge is 0.0698 e. The molecule has 0 aromatic heterocycles. The molecule has 14 heavy (non-hydrogen) atoms. The normalized spacial score (nSPS) is 13.9. The van der Waals surface area contributed by atoms with E-state index >= 15 is 0 Å². The van der Waals surface area contributed by atoms with E-state index in [4.69, 9.17) is 0 Å². The topological polar surface area (TPSA) is 12.4 Å². The molecule has 0 amide bonds. The van der Waals surface area contributed by atoms with Gasteiger partial charge in [0, 0.05) is 6.21 Å². The highest BCUT2D eigenvalue weighted by Gasteiger charge is 1.93. The van der Waals surface area contributed by atoms with Crippen LogP contribution in [0, 0.1) is 0 Å². The van der Waals surface area contributed by atoms with Crippen molar-refractivity contribution in [2.75, 3.05) is 0 Å². The van der Waals surface area contributed by atoms with Crippen molar-refractivity contribution >= 4 is 6.21 Å². The van der Waals surface area contributed by atoms with Gasteiger partial charge in [-0.05, 0) is 25.5 Å². The molecule has 0 aliphatic rings. The lowest BCUT2D eigenvalue weighted by Gasteiger charge is -1.98. The van der Waals surface area contributed by atoms with Crippen LogP contribution < -0.4 is 0 Å². The third-order valence-corrected chi connectivity index (χ3v) is 1.51. The zero-order chi connectivity index (χ0) is 10.8. The zero-order valence-corrected chi connectivity index (χ0v) is 8.90. The van der Waals surface area contributed by atoms with E-state index in [0.29, 0.717) is 0 Å². The number of nitrogens with zero attached hydrogens (tertiary/aromatic N) is 1. The van der Waals surface area contributed by atoms with Crippen LogP contribution in [0.5, 0.6) is 0 Å². The van der Waals surface area contributed by atoms with Crippen molar-refractivity contribution < 1.29 is 0 Å². The molecule has 0 fully saturated rings. The van der Waals surface area contributed by atoms with Gasteiger partial charge in [0.1, 0.15) is 0 Å². The number of allylic oxidation sites excluding steroid dienone is 7. The summed E-state index contributed by atoms with van der Waals surface area (Å²) in [5.74, 6) is 0. The Labute approximate surface area is 86.6 Å². The highest BCUT2D eigenvalue weighted by Crippen LogP contribution is 2.10. The van der Waals surface area contributed by atoms with E-state index in [9.17, 15) is 0 Å². The van der Waals surface area contributed by atoms with Gasteiger partial charge in [-0.2, -0.15) is 0 Å². The van der Waals surface area contributed by atoms with Crippen molar-refractivity contribution in [2.24, 2.45) is 4.99 Å². The first kappa shape index (κ1) is 12.4. The Morgan fingerprint density at radius 2 is 1.71 bits per heavy atom. The average molecular weight is 187 g/mol. The van der Waals surface area contributed by atoms with Crippen LogP contribution >= 0.6 is 0 Å². The predicted molar refractivity (Wildman–Crippen MR) is 65.5 cm³/mol. The molecule has 0 bridgehead atoms. The van der Waals surface area contributed by atoms with E-state index in [0.717, 1.165) is 11.3 Å². The number of hydrogen-bond donors (Lipinski definition) is 0. The maximum Gasteiger partial charge on any atom is 0.0698 e. The van der Waals surface area contributed by atoms with Gasteiger partial charge in [0.2, 0.25) is 0 Å². The van der Waals surface area contributed by atoms with E-state index in [2.05, 4.69) is 18.2 Å². The largest absolute Gasteiger partial charge is 0.256 e. The first-order chi connectivity index (χ1) is 6.79. The van der Waals surface area contributed by atoms with E-state index in [1.165, 1.54) is 0 Å². The fourth-order valence-electron chi connectivity index (χ4n) is 0.942. The van der Waals surface area contributed by atoms with E-state index in [1.54, 1.807) is 18.4 Å². The van der Waals surface area contributed by atoms with E-state index < -0.39 is 0 Å². The third-order valence-electron chi connectivity index (χ3n) is 1.51. The monoisotopic (exact) mass is 187 g/mol. The summed E-state index contributed by atoms with van der Waals surface area (Å²) >= 11 is 0. The third kappa shape index (κ3) is 4.41. The summed E-state index contributed by atoms with van der Waals surface area (Å²) in [6.07, 6.45) is 12.9. The van der Waals surface area contributed by atoms with Crippen LogP contribution in [0.1, 0.15) is 13.8 Å². The Bertz CT molecular complexity index is 301. The minimum absolute atomic E-state index is 0.889. The van der Waals surface area contributed by atoms with E-state index in [-0.39, 0.29) is 0 Å². The van der Waals surface area contributed by atoms with Crippen LogP contribution in [0.15, 0.2) is 65.9 Å². The summed E-state index contributed by atoms with van der Waals surface area (Å²) in [4.78, 5) is 4.25. The van der Waals surface area contributed by atoms with Crippen LogP contribution in [0.3, 0.4) is 0 Å². The van der Waals surface area contributed by atoms with Gasteiger partial charge in [0.25, 0.3) is 0 Å². The Balaban J connectivity index is 5.17. The lowest BCUT2D eigenvalue weighted by molar-refractivity contribution is 1.37. The Kier molecular flexibility index (Phi) is 7.06.